The first-order chi connectivity index (χ1) is 7.29. The minimum atomic E-state index is 0.436. The minimum Gasteiger partial charge on any atom is -0.468 e. The molecule has 2 aromatic rings. The summed E-state index contributed by atoms with van der Waals surface area (Å²) in [7, 11) is 0. The van der Waals surface area contributed by atoms with Gasteiger partial charge in [0.1, 0.15) is 0 Å². The zero-order valence-corrected chi connectivity index (χ0v) is 8.92. The highest BCUT2D eigenvalue weighted by Gasteiger charge is 2.01. The number of fused-ring (bicyclic) bond motifs is 1. The van der Waals surface area contributed by atoms with Crippen LogP contribution in [0.1, 0.15) is 4.88 Å². The molecule has 1 heterocycles. The van der Waals surface area contributed by atoms with Gasteiger partial charge in [-0.15, -0.1) is 11.3 Å². The molecule has 0 radical (unpaired) electrons. The third-order valence-electron chi connectivity index (χ3n) is 2.13. The van der Waals surface area contributed by atoms with Crippen molar-refractivity contribution in [1.82, 2.24) is 0 Å². The summed E-state index contributed by atoms with van der Waals surface area (Å²) < 4.78 is 5.84. The molecule has 4 heteroatoms. The van der Waals surface area contributed by atoms with Crippen molar-refractivity contribution in [2.24, 2.45) is 0 Å². The van der Waals surface area contributed by atoms with Crippen LogP contribution in [0.2, 0.25) is 0 Å². The van der Waals surface area contributed by atoms with E-state index in [9.17, 15) is 4.79 Å². The van der Waals surface area contributed by atoms with Crippen molar-refractivity contribution in [2.75, 3.05) is 12.3 Å². The number of carbonyl (C=O) groups excluding carboxylic acids is 1. The molecule has 0 fully saturated rings. The topological polar surface area (TPSA) is 52.3 Å². The van der Waals surface area contributed by atoms with Crippen molar-refractivity contribution in [1.29, 1.82) is 0 Å². The average molecular weight is 221 g/mol. The SMILES string of the molecule is Nc1ccc2cc(CCOC=O)sc2c1. The number of anilines is 1. The van der Waals surface area contributed by atoms with Gasteiger partial charge in [0.2, 0.25) is 0 Å². The number of thiophene rings is 1. The molecule has 1 aromatic heterocycles. The monoisotopic (exact) mass is 221 g/mol. The summed E-state index contributed by atoms with van der Waals surface area (Å²) >= 11 is 1.69. The van der Waals surface area contributed by atoms with Gasteiger partial charge in [0, 0.05) is 21.7 Å². The average Bonchev–Trinajstić information content (AvgIpc) is 2.60. The first-order valence-corrected chi connectivity index (χ1v) is 5.44. The first-order valence-electron chi connectivity index (χ1n) is 4.63. The van der Waals surface area contributed by atoms with E-state index in [2.05, 4.69) is 10.8 Å². The Labute approximate surface area is 91.5 Å². The molecule has 1 aromatic carbocycles. The molecular formula is C11H11NO2S. The number of ether oxygens (including phenoxy) is 1. The molecule has 0 aliphatic heterocycles. The molecule has 0 spiro atoms. The summed E-state index contributed by atoms with van der Waals surface area (Å²) in [4.78, 5) is 11.2. The van der Waals surface area contributed by atoms with Crippen molar-refractivity contribution in [3.63, 3.8) is 0 Å². The summed E-state index contributed by atoms with van der Waals surface area (Å²) in [6.45, 7) is 0.914. The molecular weight excluding hydrogens is 210 g/mol. The summed E-state index contributed by atoms with van der Waals surface area (Å²) in [5, 5.41) is 1.19. The van der Waals surface area contributed by atoms with Gasteiger partial charge in [-0.3, -0.25) is 4.79 Å². The summed E-state index contributed by atoms with van der Waals surface area (Å²) in [5.74, 6) is 0. The van der Waals surface area contributed by atoms with Gasteiger partial charge in [-0.05, 0) is 23.6 Å². The molecule has 78 valence electrons. The van der Waals surface area contributed by atoms with E-state index in [1.165, 1.54) is 15.0 Å². The van der Waals surface area contributed by atoms with Gasteiger partial charge in [-0.25, -0.2) is 0 Å². The van der Waals surface area contributed by atoms with E-state index >= 15 is 0 Å². The van der Waals surface area contributed by atoms with E-state index in [0.29, 0.717) is 13.1 Å². The highest BCUT2D eigenvalue weighted by Crippen LogP contribution is 2.27. The standard InChI is InChI=1S/C11H11NO2S/c12-9-2-1-8-5-10(3-4-14-7-13)15-11(8)6-9/h1-2,5-7H,3-4,12H2. The molecule has 0 aliphatic carbocycles. The lowest BCUT2D eigenvalue weighted by molar-refractivity contribution is -0.128. The number of benzene rings is 1. The maximum absolute atomic E-state index is 9.98. The van der Waals surface area contributed by atoms with Crippen LogP contribution in [-0.2, 0) is 16.0 Å². The third-order valence-corrected chi connectivity index (χ3v) is 3.29. The Hall–Kier alpha value is -1.55. The van der Waals surface area contributed by atoms with Crippen LogP contribution in [0.25, 0.3) is 10.1 Å². The van der Waals surface area contributed by atoms with Crippen LogP contribution >= 0.6 is 11.3 Å². The van der Waals surface area contributed by atoms with Gasteiger partial charge in [0.25, 0.3) is 6.47 Å². The summed E-state index contributed by atoms with van der Waals surface area (Å²) in [6.07, 6.45) is 0.762. The van der Waals surface area contributed by atoms with Crippen LogP contribution in [0.3, 0.4) is 0 Å². The fraction of sp³-hybridized carbons (Fsp3) is 0.182. The lowest BCUT2D eigenvalue weighted by atomic mass is 10.2. The van der Waals surface area contributed by atoms with Crippen LogP contribution in [-0.4, -0.2) is 13.1 Å². The Morgan fingerprint density at radius 3 is 3.07 bits per heavy atom. The summed E-state index contributed by atoms with van der Waals surface area (Å²) in [6, 6.07) is 7.96. The largest absolute Gasteiger partial charge is 0.468 e. The van der Waals surface area contributed by atoms with Crippen LogP contribution in [0, 0.1) is 0 Å². The molecule has 3 nitrogen and oxygen atoms in total. The normalized spacial score (nSPS) is 10.4. The van der Waals surface area contributed by atoms with E-state index in [4.69, 9.17) is 5.73 Å². The van der Waals surface area contributed by atoms with E-state index < -0.39 is 0 Å². The predicted octanol–water partition coefficient (Wildman–Crippen LogP) is 2.20. The maximum Gasteiger partial charge on any atom is 0.293 e. The molecule has 0 unspecified atom stereocenters. The van der Waals surface area contributed by atoms with Crippen molar-refractivity contribution >= 4 is 33.6 Å². The second kappa shape index (κ2) is 4.31. The Morgan fingerprint density at radius 1 is 1.40 bits per heavy atom. The molecule has 0 amide bonds. The maximum atomic E-state index is 9.98. The number of carbonyl (C=O) groups is 1. The van der Waals surface area contributed by atoms with E-state index in [-0.39, 0.29) is 0 Å². The second-order valence-electron chi connectivity index (χ2n) is 3.23. The number of hydrogen-bond acceptors (Lipinski definition) is 4. The van der Waals surface area contributed by atoms with Crippen molar-refractivity contribution in [2.45, 2.75) is 6.42 Å². The van der Waals surface area contributed by atoms with E-state index in [1.54, 1.807) is 11.3 Å². The zero-order valence-electron chi connectivity index (χ0n) is 8.10. The van der Waals surface area contributed by atoms with Crippen molar-refractivity contribution in [3.8, 4) is 0 Å². The quantitative estimate of drug-likeness (QED) is 0.489. The fourth-order valence-electron chi connectivity index (χ4n) is 1.43. The highest BCUT2D eigenvalue weighted by molar-refractivity contribution is 7.19. The van der Waals surface area contributed by atoms with E-state index in [0.717, 1.165) is 12.1 Å². The Morgan fingerprint density at radius 2 is 2.27 bits per heavy atom. The molecule has 0 atom stereocenters. The molecule has 0 saturated carbocycles. The lowest BCUT2D eigenvalue weighted by Gasteiger charge is -1.93. The van der Waals surface area contributed by atoms with Crippen LogP contribution in [0.5, 0.6) is 0 Å². The van der Waals surface area contributed by atoms with Crippen LogP contribution < -0.4 is 5.73 Å². The number of hydrogen-bond donors (Lipinski definition) is 1. The van der Waals surface area contributed by atoms with E-state index in [1.807, 2.05) is 18.2 Å². The predicted molar refractivity (Wildman–Crippen MR) is 62.0 cm³/mol. The molecule has 15 heavy (non-hydrogen) atoms. The van der Waals surface area contributed by atoms with Crippen LogP contribution in [0.15, 0.2) is 24.3 Å². The lowest BCUT2D eigenvalue weighted by Crippen LogP contribution is -1.93. The second-order valence-corrected chi connectivity index (χ2v) is 4.40. The van der Waals surface area contributed by atoms with Gasteiger partial charge in [0.15, 0.2) is 0 Å². The van der Waals surface area contributed by atoms with Gasteiger partial charge in [0.05, 0.1) is 6.61 Å². The van der Waals surface area contributed by atoms with Gasteiger partial charge < -0.3 is 10.5 Å². The van der Waals surface area contributed by atoms with Gasteiger partial charge >= 0.3 is 0 Å². The van der Waals surface area contributed by atoms with Gasteiger partial charge in [-0.2, -0.15) is 0 Å². The van der Waals surface area contributed by atoms with Crippen molar-refractivity contribution in [3.05, 3.63) is 29.1 Å². The molecule has 0 saturated heterocycles. The third kappa shape index (κ3) is 2.27. The Kier molecular flexibility index (Phi) is 2.87. The molecule has 0 aliphatic rings. The highest BCUT2D eigenvalue weighted by atomic mass is 32.1. The minimum absolute atomic E-state index is 0.436. The van der Waals surface area contributed by atoms with Crippen molar-refractivity contribution < 1.29 is 9.53 Å². The molecule has 0 bridgehead atoms. The fourth-order valence-corrected chi connectivity index (χ4v) is 2.53. The van der Waals surface area contributed by atoms with Crippen LogP contribution in [0.4, 0.5) is 5.69 Å². The summed E-state index contributed by atoms with van der Waals surface area (Å²) in [5.41, 5.74) is 6.47. The smallest absolute Gasteiger partial charge is 0.293 e. The molecule has 2 N–H and O–H groups in total. The Bertz CT molecular complexity index is 478. The number of nitrogen functional groups attached to an aromatic ring is 1. The van der Waals surface area contributed by atoms with Gasteiger partial charge in [-0.1, -0.05) is 6.07 Å². The first kappa shape index (κ1) is 9.98. The number of rotatable bonds is 4. The number of nitrogens with two attached hydrogens (primary N) is 1. The Balaban J connectivity index is 2.19. The zero-order chi connectivity index (χ0) is 10.7. The molecule has 2 rings (SSSR count).